The zero-order valence-corrected chi connectivity index (χ0v) is 33.1. The van der Waals surface area contributed by atoms with Crippen LogP contribution in [0.4, 0.5) is 35.4 Å². The molecule has 4 aliphatic rings. The molecule has 6 heterocycles. The molecule has 0 radical (unpaired) electrons. The summed E-state index contributed by atoms with van der Waals surface area (Å²) in [5, 5.41) is 21.0. The van der Waals surface area contributed by atoms with Gasteiger partial charge in [0, 0.05) is 76.6 Å². The third kappa shape index (κ3) is 8.52. The van der Waals surface area contributed by atoms with Gasteiger partial charge < -0.3 is 15.1 Å². The lowest BCUT2D eigenvalue weighted by Gasteiger charge is -2.39. The molecule has 18 heteroatoms. The van der Waals surface area contributed by atoms with Crippen LogP contribution >= 0.6 is 0 Å². The fraction of sp³-hybridized carbons (Fsp3) is 0.500. The highest BCUT2D eigenvalue weighted by Gasteiger charge is 2.33. The molecule has 8 rings (SSSR count). The van der Waals surface area contributed by atoms with Crippen LogP contribution < -0.4 is 20.4 Å². The number of aryl methyl sites for hydroxylation is 1. The molecule has 2 N–H and O–H groups in total. The normalized spacial score (nSPS) is 20.3. The van der Waals surface area contributed by atoms with Crippen molar-refractivity contribution in [1.29, 1.82) is 5.26 Å². The number of nitrogens with one attached hydrogen (secondary N) is 2. The Kier molecular flexibility index (Phi) is 11.4. The fourth-order valence-corrected chi connectivity index (χ4v) is 9.91. The maximum Gasteiger partial charge on any atom is 0.419 e. The number of imide groups is 1. The van der Waals surface area contributed by atoms with Crippen LogP contribution in [0.15, 0.2) is 53.7 Å². The molecule has 0 spiro atoms. The number of alkyl halides is 3. The van der Waals surface area contributed by atoms with E-state index in [4.69, 9.17) is 0 Å². The van der Waals surface area contributed by atoms with E-state index in [1.54, 1.807) is 12.1 Å². The molecule has 4 fully saturated rings. The van der Waals surface area contributed by atoms with Crippen molar-refractivity contribution in [3.63, 3.8) is 0 Å². The number of amides is 3. The molecule has 0 aliphatic carbocycles. The minimum Gasteiger partial charge on any atom is -0.370 e. The zero-order valence-electron chi connectivity index (χ0n) is 32.2. The predicted molar refractivity (Wildman–Crippen MR) is 212 cm³/mol. The van der Waals surface area contributed by atoms with Crippen LogP contribution in [0.5, 0.6) is 0 Å². The third-order valence-corrected chi connectivity index (χ3v) is 13.5. The summed E-state index contributed by atoms with van der Waals surface area (Å²) >= 11 is 0. The fourth-order valence-electron chi connectivity index (χ4n) is 8.67. The quantitative estimate of drug-likeness (QED) is 0.225. The van der Waals surface area contributed by atoms with Gasteiger partial charge in [-0.05, 0) is 99.3 Å². The van der Waals surface area contributed by atoms with Gasteiger partial charge in [-0.1, -0.05) is 6.07 Å². The van der Waals surface area contributed by atoms with Crippen molar-refractivity contribution < 1.29 is 27.0 Å². The van der Waals surface area contributed by atoms with E-state index in [1.165, 1.54) is 10.5 Å². The number of carbonyl (C=O) groups excluding carboxylic acids is 2. The van der Waals surface area contributed by atoms with Crippen molar-refractivity contribution in [1.82, 2.24) is 34.3 Å². The van der Waals surface area contributed by atoms with Gasteiger partial charge in [0.15, 0.2) is 5.82 Å². The Balaban J connectivity index is 0.812. The summed E-state index contributed by atoms with van der Waals surface area (Å²) < 4.78 is 56.0. The van der Waals surface area contributed by atoms with E-state index in [1.807, 2.05) is 22.1 Å². The van der Waals surface area contributed by atoms with E-state index in [-0.39, 0.29) is 24.3 Å². The second kappa shape index (κ2) is 16.6. The third-order valence-electron chi connectivity index (χ3n) is 12.0. The number of benzene rings is 2. The summed E-state index contributed by atoms with van der Waals surface area (Å²) in [4.78, 5) is 38.8. The van der Waals surface area contributed by atoms with Gasteiger partial charge >= 0.3 is 12.2 Å². The first-order valence-electron chi connectivity index (χ1n) is 19.9. The SMILES string of the molecule is Cn1nc(N2CCC(=O)NC2=O)c2ccc(C3CCN(CC4CCN(c5cc(S(=O)N6CCC(Nc7ncc(C(F)(F)F)cn7)CC6)ccc5C#N)CC4)CC3)cc21. The van der Waals surface area contributed by atoms with Gasteiger partial charge in [0.1, 0.15) is 17.1 Å². The standard InChI is InChI=1S/C40H46F3N11O3S/c1-50-35-20-28(3-5-33(35)37(49-50)54-19-12-36(55)48-39(54)56)27-8-13-51(14-9-27)25-26-6-15-52(16-7-26)34-21-32(4-2-29(34)22-44)58(57)53-17-10-31(11-18-53)47-38-45-23-30(24-46-38)40(41,42)43/h2-5,20-21,23-24,26-27,31H,6-19,25H2,1H3,(H,45,46,47)(H,48,55,56). The van der Waals surface area contributed by atoms with Crippen molar-refractivity contribution in [3.05, 3.63) is 65.5 Å². The van der Waals surface area contributed by atoms with Crippen LogP contribution in [0, 0.1) is 17.2 Å². The molecule has 1 atom stereocenters. The lowest BCUT2D eigenvalue weighted by atomic mass is 9.88. The van der Waals surface area contributed by atoms with Crippen molar-refractivity contribution in [2.45, 2.75) is 68.0 Å². The van der Waals surface area contributed by atoms with Crippen LogP contribution in [0.1, 0.15) is 67.6 Å². The molecule has 58 heavy (non-hydrogen) atoms. The predicted octanol–water partition coefficient (Wildman–Crippen LogP) is 5.40. The van der Waals surface area contributed by atoms with E-state index in [9.17, 15) is 32.2 Å². The van der Waals surface area contributed by atoms with Gasteiger partial charge in [-0.15, -0.1) is 0 Å². The van der Waals surface area contributed by atoms with Gasteiger partial charge in [0.25, 0.3) is 0 Å². The van der Waals surface area contributed by atoms with Crippen molar-refractivity contribution >= 4 is 51.3 Å². The summed E-state index contributed by atoms with van der Waals surface area (Å²) in [6.07, 6.45) is 2.67. The molecular formula is C40H46F3N11O3S. The van der Waals surface area contributed by atoms with E-state index in [2.05, 4.69) is 59.8 Å². The number of urea groups is 1. The molecule has 0 bridgehead atoms. The Labute approximate surface area is 337 Å². The number of anilines is 3. The number of hydrogen-bond donors (Lipinski definition) is 2. The molecule has 1 unspecified atom stereocenters. The molecule has 14 nitrogen and oxygen atoms in total. The first-order valence-corrected chi connectivity index (χ1v) is 21.0. The number of aromatic nitrogens is 4. The van der Waals surface area contributed by atoms with Gasteiger partial charge in [0.05, 0.1) is 27.2 Å². The van der Waals surface area contributed by atoms with Gasteiger partial charge in [-0.3, -0.25) is 19.7 Å². The lowest BCUT2D eigenvalue weighted by Crippen LogP contribution is -2.49. The average Bonchev–Trinajstić information content (AvgIpc) is 3.55. The topological polar surface area (TPSA) is 156 Å². The van der Waals surface area contributed by atoms with Gasteiger partial charge in [-0.25, -0.2) is 23.3 Å². The van der Waals surface area contributed by atoms with Crippen LogP contribution in [0.25, 0.3) is 10.9 Å². The Bertz CT molecular complexity index is 2220. The Morgan fingerprint density at radius 1 is 0.931 bits per heavy atom. The Morgan fingerprint density at radius 2 is 1.66 bits per heavy atom. The number of carbonyl (C=O) groups is 2. The highest BCUT2D eigenvalue weighted by molar-refractivity contribution is 7.82. The molecule has 4 saturated heterocycles. The minimum absolute atomic E-state index is 0.0566. The summed E-state index contributed by atoms with van der Waals surface area (Å²) in [6.45, 7) is 6.06. The monoisotopic (exact) mass is 817 g/mol. The molecule has 3 amide bonds. The summed E-state index contributed by atoms with van der Waals surface area (Å²) in [7, 11) is 0.451. The molecular weight excluding hydrogens is 772 g/mol. The Hall–Kier alpha value is -5.12. The number of nitriles is 1. The summed E-state index contributed by atoms with van der Waals surface area (Å²) in [5.41, 5.74) is 2.72. The highest BCUT2D eigenvalue weighted by Crippen LogP contribution is 2.35. The summed E-state index contributed by atoms with van der Waals surface area (Å²) in [6, 6.07) is 13.7. The first-order chi connectivity index (χ1) is 27.9. The largest absolute Gasteiger partial charge is 0.419 e. The van der Waals surface area contributed by atoms with Crippen LogP contribution in [-0.4, -0.2) is 104 Å². The van der Waals surface area contributed by atoms with E-state index < -0.39 is 28.8 Å². The number of rotatable bonds is 9. The number of piperidine rings is 3. The second-order valence-corrected chi connectivity index (χ2v) is 17.2. The molecule has 0 saturated carbocycles. The van der Waals surface area contributed by atoms with Crippen molar-refractivity contribution in [2.75, 3.05) is 67.5 Å². The van der Waals surface area contributed by atoms with E-state index >= 15 is 0 Å². The number of hydrogen-bond acceptors (Lipinski definition) is 10. The van der Waals surface area contributed by atoms with Crippen molar-refractivity contribution in [2.24, 2.45) is 13.0 Å². The maximum absolute atomic E-state index is 13.7. The van der Waals surface area contributed by atoms with E-state index in [0.717, 1.165) is 87.4 Å². The summed E-state index contributed by atoms with van der Waals surface area (Å²) in [5.74, 6) is 1.42. The van der Waals surface area contributed by atoms with Crippen LogP contribution in [0.2, 0.25) is 0 Å². The number of likely N-dealkylation sites (tertiary alicyclic amines) is 1. The highest BCUT2D eigenvalue weighted by atomic mass is 32.2. The molecule has 306 valence electrons. The molecule has 2 aromatic heterocycles. The molecule has 4 aliphatic heterocycles. The molecule has 2 aromatic carbocycles. The number of nitrogens with zero attached hydrogens (tertiary/aromatic N) is 9. The average molecular weight is 818 g/mol. The Morgan fingerprint density at radius 3 is 2.33 bits per heavy atom. The van der Waals surface area contributed by atoms with Crippen molar-refractivity contribution in [3.8, 4) is 6.07 Å². The van der Waals surface area contributed by atoms with Crippen LogP contribution in [-0.2, 0) is 29.0 Å². The smallest absolute Gasteiger partial charge is 0.370 e. The molecule has 4 aromatic rings. The van der Waals surface area contributed by atoms with Gasteiger partial charge in [-0.2, -0.15) is 23.5 Å². The van der Waals surface area contributed by atoms with Gasteiger partial charge in [0.2, 0.25) is 11.9 Å². The van der Waals surface area contributed by atoms with E-state index in [0.29, 0.717) is 60.6 Å². The first kappa shape index (κ1) is 39.7. The number of fused-ring (bicyclic) bond motifs is 1. The lowest BCUT2D eigenvalue weighted by molar-refractivity contribution is -0.138. The maximum atomic E-state index is 13.7. The zero-order chi connectivity index (χ0) is 40.6. The van der Waals surface area contributed by atoms with Crippen LogP contribution in [0.3, 0.4) is 0 Å². The minimum atomic E-state index is -4.49. The second-order valence-electron chi connectivity index (χ2n) is 15.7. The number of halogens is 3.